The first-order valence-corrected chi connectivity index (χ1v) is 12.2. The van der Waals surface area contributed by atoms with Crippen LogP contribution in [0.4, 0.5) is 5.69 Å². The third-order valence-electron chi connectivity index (χ3n) is 6.39. The van der Waals surface area contributed by atoms with Gasteiger partial charge in [0.2, 0.25) is 5.91 Å². The van der Waals surface area contributed by atoms with Gasteiger partial charge in [0.15, 0.2) is 0 Å². The van der Waals surface area contributed by atoms with Crippen molar-refractivity contribution >= 4 is 28.4 Å². The summed E-state index contributed by atoms with van der Waals surface area (Å²) in [7, 11) is 0. The number of hydrogen-bond donors (Lipinski definition) is 2. The summed E-state index contributed by atoms with van der Waals surface area (Å²) < 4.78 is 0. The Bertz CT molecular complexity index is 1170. The molecule has 3 aromatic rings. The summed E-state index contributed by atoms with van der Waals surface area (Å²) in [6.07, 6.45) is 3.53. The molecule has 2 amide bonds. The van der Waals surface area contributed by atoms with Crippen LogP contribution in [0.5, 0.6) is 0 Å². The number of nitrogens with zero attached hydrogens (tertiary/aromatic N) is 2. The number of fused-ring (bicyclic) bond motifs is 1. The summed E-state index contributed by atoms with van der Waals surface area (Å²) >= 11 is 0. The number of anilines is 1. The number of nitrogens with one attached hydrogen (secondary N) is 2. The van der Waals surface area contributed by atoms with Gasteiger partial charge in [0.25, 0.3) is 5.91 Å². The summed E-state index contributed by atoms with van der Waals surface area (Å²) in [6.45, 7) is 9.82. The molecule has 6 heteroatoms. The highest BCUT2D eigenvalue weighted by molar-refractivity contribution is 6.07. The third-order valence-corrected chi connectivity index (χ3v) is 6.39. The van der Waals surface area contributed by atoms with E-state index in [2.05, 4.69) is 22.5 Å². The second kappa shape index (κ2) is 10.8. The van der Waals surface area contributed by atoms with E-state index >= 15 is 0 Å². The predicted molar refractivity (Wildman–Crippen MR) is 138 cm³/mol. The highest BCUT2D eigenvalue weighted by Gasteiger charge is 2.17. The Labute approximate surface area is 201 Å². The Balaban J connectivity index is 1.51. The third kappa shape index (κ3) is 6.00. The number of hydrogen-bond acceptors (Lipinski definition) is 4. The van der Waals surface area contributed by atoms with Crippen molar-refractivity contribution in [2.24, 2.45) is 5.92 Å². The van der Waals surface area contributed by atoms with E-state index in [-0.39, 0.29) is 11.8 Å². The topological polar surface area (TPSA) is 74.3 Å². The molecular formula is C28H34N4O2. The van der Waals surface area contributed by atoms with Gasteiger partial charge in [-0.2, -0.15) is 0 Å². The van der Waals surface area contributed by atoms with E-state index in [9.17, 15) is 9.59 Å². The second-order valence-electron chi connectivity index (χ2n) is 9.49. The molecule has 1 aliphatic rings. The lowest BCUT2D eigenvalue weighted by atomic mass is 10.0. The molecule has 0 saturated carbocycles. The lowest BCUT2D eigenvalue weighted by Gasteiger charge is -2.30. The van der Waals surface area contributed by atoms with Crippen LogP contribution in [-0.2, 0) is 4.79 Å². The van der Waals surface area contributed by atoms with Gasteiger partial charge in [0, 0.05) is 36.7 Å². The zero-order valence-corrected chi connectivity index (χ0v) is 20.4. The van der Waals surface area contributed by atoms with Gasteiger partial charge in [0.05, 0.1) is 16.8 Å². The van der Waals surface area contributed by atoms with Crippen molar-refractivity contribution in [1.82, 2.24) is 15.2 Å². The van der Waals surface area contributed by atoms with Crippen LogP contribution in [0.1, 0.15) is 49.0 Å². The highest BCUT2D eigenvalue weighted by atomic mass is 16.2. The van der Waals surface area contributed by atoms with E-state index in [1.807, 2.05) is 55.5 Å². The Morgan fingerprint density at radius 3 is 2.65 bits per heavy atom. The fourth-order valence-electron chi connectivity index (χ4n) is 4.69. The monoisotopic (exact) mass is 458 g/mol. The van der Waals surface area contributed by atoms with Gasteiger partial charge in [-0.05, 0) is 75.5 Å². The van der Waals surface area contributed by atoms with Crippen LogP contribution in [0.2, 0.25) is 0 Å². The minimum Gasteiger partial charge on any atom is -0.352 e. The van der Waals surface area contributed by atoms with Crippen LogP contribution in [0.15, 0.2) is 48.5 Å². The molecule has 4 rings (SSSR count). The van der Waals surface area contributed by atoms with Gasteiger partial charge in [-0.25, -0.2) is 4.98 Å². The molecule has 1 saturated heterocycles. The van der Waals surface area contributed by atoms with E-state index < -0.39 is 0 Å². The molecule has 1 atom stereocenters. The van der Waals surface area contributed by atoms with Crippen LogP contribution in [0.3, 0.4) is 0 Å². The van der Waals surface area contributed by atoms with Crippen molar-refractivity contribution in [3.05, 3.63) is 59.7 Å². The molecule has 1 aliphatic heterocycles. The molecule has 0 radical (unpaired) electrons. The lowest BCUT2D eigenvalue weighted by molar-refractivity contribution is -0.114. The molecular weight excluding hydrogens is 424 g/mol. The SMILES string of the molecule is CC(=O)Nc1ccc(-c2cc(C(=O)NCCCN3CCCC(C)C3)c3cc(C)ccc3n2)cc1. The van der Waals surface area contributed by atoms with Crippen molar-refractivity contribution in [3.63, 3.8) is 0 Å². The molecule has 1 unspecified atom stereocenters. The number of aromatic nitrogens is 1. The first kappa shape index (κ1) is 23.9. The Hall–Kier alpha value is -3.25. The number of likely N-dealkylation sites (tertiary alicyclic amines) is 1. The fraction of sp³-hybridized carbons (Fsp3) is 0.393. The number of amides is 2. The molecule has 2 heterocycles. The summed E-state index contributed by atoms with van der Waals surface area (Å²) in [5, 5.41) is 6.77. The number of pyridine rings is 1. The Morgan fingerprint density at radius 1 is 1.12 bits per heavy atom. The Kier molecular flexibility index (Phi) is 7.58. The van der Waals surface area contributed by atoms with Gasteiger partial charge < -0.3 is 15.5 Å². The molecule has 6 nitrogen and oxygen atoms in total. The molecule has 0 bridgehead atoms. The van der Waals surface area contributed by atoms with Crippen LogP contribution in [0, 0.1) is 12.8 Å². The highest BCUT2D eigenvalue weighted by Crippen LogP contribution is 2.27. The van der Waals surface area contributed by atoms with E-state index in [1.165, 1.54) is 19.8 Å². The average Bonchev–Trinajstić information content (AvgIpc) is 2.81. The largest absolute Gasteiger partial charge is 0.352 e. The van der Waals surface area contributed by atoms with Crippen molar-refractivity contribution < 1.29 is 9.59 Å². The van der Waals surface area contributed by atoms with Gasteiger partial charge in [0.1, 0.15) is 0 Å². The molecule has 178 valence electrons. The zero-order chi connectivity index (χ0) is 24.1. The lowest BCUT2D eigenvalue weighted by Crippen LogP contribution is -2.36. The number of aryl methyl sites for hydroxylation is 1. The van der Waals surface area contributed by atoms with Crippen LogP contribution in [-0.4, -0.2) is 47.9 Å². The maximum absolute atomic E-state index is 13.2. The second-order valence-corrected chi connectivity index (χ2v) is 9.49. The van der Waals surface area contributed by atoms with E-state index in [0.29, 0.717) is 12.1 Å². The van der Waals surface area contributed by atoms with Crippen molar-refractivity contribution in [3.8, 4) is 11.3 Å². The molecule has 2 aromatic carbocycles. The van der Waals surface area contributed by atoms with Crippen molar-refractivity contribution in [2.75, 3.05) is 31.5 Å². The maximum atomic E-state index is 13.2. The molecule has 0 aliphatic carbocycles. The predicted octanol–water partition coefficient (Wildman–Crippen LogP) is 5.02. The summed E-state index contributed by atoms with van der Waals surface area (Å²) in [6, 6.07) is 15.4. The van der Waals surface area contributed by atoms with E-state index in [1.54, 1.807) is 0 Å². The molecule has 1 fully saturated rings. The normalized spacial score (nSPS) is 16.4. The van der Waals surface area contributed by atoms with Gasteiger partial charge in [-0.1, -0.05) is 30.7 Å². The molecule has 34 heavy (non-hydrogen) atoms. The number of carbonyl (C=O) groups is 2. The summed E-state index contributed by atoms with van der Waals surface area (Å²) in [5.41, 5.74) is 4.88. The number of carbonyl (C=O) groups excluding carboxylic acids is 2. The zero-order valence-electron chi connectivity index (χ0n) is 20.4. The van der Waals surface area contributed by atoms with E-state index in [4.69, 9.17) is 4.98 Å². The van der Waals surface area contributed by atoms with Crippen molar-refractivity contribution in [1.29, 1.82) is 0 Å². The summed E-state index contributed by atoms with van der Waals surface area (Å²) in [5.74, 6) is 0.585. The van der Waals surface area contributed by atoms with Gasteiger partial charge in [-0.3, -0.25) is 9.59 Å². The molecule has 1 aromatic heterocycles. The molecule has 2 N–H and O–H groups in total. The minimum atomic E-state index is -0.110. The minimum absolute atomic E-state index is 0.0684. The number of rotatable bonds is 7. The standard InChI is InChI=1S/C28H34N4O2/c1-19-7-12-26-24(16-19)25(28(34)29-13-5-15-32-14-4-6-20(2)18-32)17-27(31-26)22-8-10-23(11-9-22)30-21(3)33/h7-12,16-17,20H,4-6,13-15,18H2,1-3H3,(H,29,34)(H,30,33). The molecule has 0 spiro atoms. The summed E-state index contributed by atoms with van der Waals surface area (Å²) in [4.78, 5) is 31.9. The van der Waals surface area contributed by atoms with E-state index in [0.717, 1.165) is 65.4 Å². The quantitative estimate of drug-likeness (QED) is 0.488. The maximum Gasteiger partial charge on any atom is 0.252 e. The Morgan fingerprint density at radius 2 is 1.91 bits per heavy atom. The van der Waals surface area contributed by atoms with Crippen molar-refractivity contribution in [2.45, 2.75) is 40.0 Å². The van der Waals surface area contributed by atoms with Gasteiger partial charge in [-0.15, -0.1) is 0 Å². The fourth-order valence-corrected chi connectivity index (χ4v) is 4.69. The van der Waals surface area contributed by atoms with Crippen LogP contribution < -0.4 is 10.6 Å². The average molecular weight is 459 g/mol. The van der Waals surface area contributed by atoms with Gasteiger partial charge >= 0.3 is 0 Å². The van der Waals surface area contributed by atoms with Crippen LogP contribution >= 0.6 is 0 Å². The smallest absolute Gasteiger partial charge is 0.252 e. The first-order chi connectivity index (χ1) is 16.4. The number of benzene rings is 2. The first-order valence-electron chi connectivity index (χ1n) is 12.2. The van der Waals surface area contributed by atoms with Crippen LogP contribution in [0.25, 0.3) is 22.2 Å². The number of piperidine rings is 1.